The summed E-state index contributed by atoms with van der Waals surface area (Å²) in [5.41, 5.74) is 6.80. The fraction of sp³-hybridized carbons (Fsp3) is 0.189. The molecule has 0 bridgehead atoms. The fourth-order valence-corrected chi connectivity index (χ4v) is 6.50. The first-order valence-electron chi connectivity index (χ1n) is 14.4. The average molecular weight is 761 g/mol. The number of imidazole rings is 1. The second-order valence-corrected chi connectivity index (χ2v) is 13.1. The summed E-state index contributed by atoms with van der Waals surface area (Å²) in [5, 5.41) is 2.38. The normalized spacial score (nSPS) is 12.0. The third kappa shape index (κ3) is 5.34. The van der Waals surface area contributed by atoms with E-state index in [1.165, 1.54) is 27.4 Å². The van der Waals surface area contributed by atoms with E-state index in [9.17, 15) is 0 Å². The van der Waals surface area contributed by atoms with Crippen LogP contribution in [0.25, 0.3) is 44.3 Å². The van der Waals surface area contributed by atoms with Crippen LogP contribution in [0.5, 0.6) is 0 Å². The molecule has 0 saturated heterocycles. The monoisotopic (exact) mass is 760 g/mol. The molecule has 0 amide bonds. The van der Waals surface area contributed by atoms with Gasteiger partial charge in [0.25, 0.3) is 0 Å². The largest absolute Gasteiger partial charge is 0.319 e. The molecule has 4 nitrogen and oxygen atoms in total. The van der Waals surface area contributed by atoms with E-state index in [2.05, 4.69) is 158 Å². The SMILES string of the molecule is CC(C)c1ccnc(-n2c3[c-]c(Sc4[c-]c(-n5[cH+]n(C(C)(C)C)c6ccccc65)ccc4)ccc3c3ccccc32)c1.[Pt]. The molecule has 0 unspecified atom stereocenters. The molecule has 3 aromatic heterocycles. The summed E-state index contributed by atoms with van der Waals surface area (Å²) in [7, 11) is 0. The molecule has 0 N–H and O–H groups in total. The molecule has 218 valence electrons. The van der Waals surface area contributed by atoms with Gasteiger partial charge >= 0.3 is 0 Å². The van der Waals surface area contributed by atoms with Crippen molar-refractivity contribution in [3.05, 3.63) is 121 Å². The number of nitrogens with zero attached hydrogens (tertiary/aromatic N) is 4. The van der Waals surface area contributed by atoms with Gasteiger partial charge in [-0.05, 0) is 68.0 Å². The molecule has 0 aliphatic rings. The summed E-state index contributed by atoms with van der Waals surface area (Å²) in [6.45, 7) is 11.1. The van der Waals surface area contributed by atoms with E-state index in [0.717, 1.165) is 32.3 Å². The van der Waals surface area contributed by atoms with Crippen LogP contribution in [0.4, 0.5) is 0 Å². The molecule has 43 heavy (non-hydrogen) atoms. The van der Waals surface area contributed by atoms with Crippen molar-refractivity contribution in [3.63, 3.8) is 0 Å². The minimum Gasteiger partial charge on any atom is -0.319 e. The van der Waals surface area contributed by atoms with E-state index >= 15 is 0 Å². The van der Waals surface area contributed by atoms with E-state index in [-0.39, 0.29) is 26.6 Å². The Hall–Kier alpha value is -3.66. The minimum atomic E-state index is -0.0381. The van der Waals surface area contributed by atoms with Gasteiger partial charge in [-0.2, -0.15) is 24.3 Å². The van der Waals surface area contributed by atoms with Crippen LogP contribution in [0.1, 0.15) is 46.1 Å². The maximum Gasteiger partial charge on any atom is 0.188 e. The Morgan fingerprint density at radius 3 is 2.26 bits per heavy atom. The zero-order valence-corrected chi connectivity index (χ0v) is 28.0. The molecule has 4 aromatic carbocycles. The summed E-state index contributed by atoms with van der Waals surface area (Å²) < 4.78 is 6.82. The molecule has 7 aromatic rings. The molecular weight excluding hydrogens is 728 g/mol. The summed E-state index contributed by atoms with van der Waals surface area (Å²) in [4.78, 5) is 6.88. The third-order valence-electron chi connectivity index (χ3n) is 7.81. The first kappa shape index (κ1) is 29.4. The molecule has 0 aliphatic heterocycles. The average Bonchev–Trinajstić information content (AvgIpc) is 3.54. The number of benzene rings is 4. The molecule has 0 saturated carbocycles. The van der Waals surface area contributed by atoms with Crippen LogP contribution in [-0.4, -0.2) is 18.7 Å². The summed E-state index contributed by atoms with van der Waals surface area (Å²) in [6, 6.07) is 39.6. The summed E-state index contributed by atoms with van der Waals surface area (Å²) >= 11 is 1.69. The van der Waals surface area contributed by atoms with Gasteiger partial charge in [0.05, 0.1) is 5.54 Å². The second-order valence-electron chi connectivity index (χ2n) is 12.1. The first-order chi connectivity index (χ1) is 20.3. The number of hydrogen-bond acceptors (Lipinski definition) is 2. The van der Waals surface area contributed by atoms with Crippen molar-refractivity contribution >= 4 is 44.6 Å². The number of aromatic nitrogens is 4. The van der Waals surface area contributed by atoms with Crippen molar-refractivity contribution < 1.29 is 21.1 Å². The van der Waals surface area contributed by atoms with Crippen LogP contribution in [0.3, 0.4) is 0 Å². The molecule has 0 radical (unpaired) electrons. The quantitative estimate of drug-likeness (QED) is 0.164. The molecule has 0 atom stereocenters. The molecule has 0 spiro atoms. The van der Waals surface area contributed by atoms with Gasteiger partial charge in [-0.3, -0.25) is 0 Å². The van der Waals surface area contributed by atoms with Crippen molar-refractivity contribution in [3.8, 4) is 11.5 Å². The van der Waals surface area contributed by atoms with E-state index in [4.69, 9.17) is 4.98 Å². The number of pyridine rings is 1. The first-order valence-corrected chi connectivity index (χ1v) is 15.2. The van der Waals surface area contributed by atoms with Crippen molar-refractivity contribution in [2.24, 2.45) is 0 Å². The second kappa shape index (κ2) is 11.4. The van der Waals surface area contributed by atoms with Gasteiger partial charge < -0.3 is 4.57 Å². The molecule has 7 rings (SSSR count). The predicted molar refractivity (Wildman–Crippen MR) is 175 cm³/mol. The summed E-state index contributed by atoms with van der Waals surface area (Å²) in [6.07, 6.45) is 4.11. The molecule has 0 fully saturated rings. The number of rotatable bonds is 5. The van der Waals surface area contributed by atoms with Crippen molar-refractivity contribution in [1.82, 2.24) is 18.7 Å². The van der Waals surface area contributed by atoms with E-state index < -0.39 is 0 Å². The molecule has 6 heteroatoms. The Balaban J connectivity index is 0.00000329. The van der Waals surface area contributed by atoms with Crippen LogP contribution in [0.15, 0.2) is 113 Å². The number of fused-ring (bicyclic) bond motifs is 4. The van der Waals surface area contributed by atoms with Crippen LogP contribution < -0.4 is 0 Å². The Morgan fingerprint density at radius 1 is 0.767 bits per heavy atom. The predicted octanol–water partition coefficient (Wildman–Crippen LogP) is 9.83. The van der Waals surface area contributed by atoms with Crippen molar-refractivity contribution in [2.45, 2.75) is 55.9 Å². The number of para-hydroxylation sites is 3. The van der Waals surface area contributed by atoms with Gasteiger partial charge in [0.2, 0.25) is 0 Å². The van der Waals surface area contributed by atoms with E-state index in [1.54, 1.807) is 11.8 Å². The van der Waals surface area contributed by atoms with Crippen LogP contribution in [0.2, 0.25) is 0 Å². The van der Waals surface area contributed by atoms with Gasteiger partial charge in [-0.1, -0.05) is 48.5 Å². The summed E-state index contributed by atoms with van der Waals surface area (Å²) in [5.74, 6) is 1.35. The van der Waals surface area contributed by atoms with Crippen LogP contribution in [0, 0.1) is 12.1 Å². The zero-order valence-electron chi connectivity index (χ0n) is 24.9. The standard InChI is InChI=1S/C37H33N4S.Pt/c1-25(2)26-19-20-38-36(21-26)41-32-14-7-6-13-30(32)31-18-17-29(23-35(31)41)42-28-12-10-11-27(22-28)39-24-40(37(3,4)5)34-16-9-8-15-33(34)39;/h6-21,24-25H,1-5H3;/q-1;. The van der Waals surface area contributed by atoms with E-state index in [0.29, 0.717) is 5.92 Å². The topological polar surface area (TPSA) is 27.7 Å². The minimum absolute atomic E-state index is 0. The van der Waals surface area contributed by atoms with Crippen molar-refractivity contribution in [1.29, 1.82) is 0 Å². The Labute approximate surface area is 271 Å². The van der Waals surface area contributed by atoms with Gasteiger partial charge in [-0.15, -0.1) is 34.2 Å². The molecular formula is C37H33N4PtS-. The third-order valence-corrected chi connectivity index (χ3v) is 8.73. The van der Waals surface area contributed by atoms with Gasteiger partial charge in [0.15, 0.2) is 17.4 Å². The van der Waals surface area contributed by atoms with E-state index in [1.807, 2.05) is 6.20 Å². The Morgan fingerprint density at radius 2 is 1.49 bits per heavy atom. The Kier molecular flexibility index (Phi) is 7.83. The Bertz CT molecular complexity index is 2100. The maximum atomic E-state index is 4.79. The van der Waals surface area contributed by atoms with Gasteiger partial charge in [-0.25, -0.2) is 14.1 Å². The fourth-order valence-electron chi connectivity index (χ4n) is 5.68. The van der Waals surface area contributed by atoms with Gasteiger partial charge in [0, 0.05) is 50.6 Å². The maximum absolute atomic E-state index is 4.79. The van der Waals surface area contributed by atoms with Crippen molar-refractivity contribution in [2.75, 3.05) is 0 Å². The van der Waals surface area contributed by atoms with Crippen LogP contribution >= 0.6 is 11.8 Å². The molecule has 0 aliphatic carbocycles. The number of hydrogen-bond donors (Lipinski definition) is 0. The molecule has 3 heterocycles. The van der Waals surface area contributed by atoms with Gasteiger partial charge in [0.1, 0.15) is 5.82 Å². The zero-order chi connectivity index (χ0) is 29.0. The van der Waals surface area contributed by atoms with Crippen LogP contribution in [-0.2, 0) is 26.6 Å². The smallest absolute Gasteiger partial charge is 0.188 e.